The van der Waals surface area contributed by atoms with E-state index in [1.54, 1.807) is 20.8 Å². The Morgan fingerprint density at radius 2 is 2.14 bits per heavy atom. The number of β-lactam (4-membered cyclic amide) rings is 1. The average molecular weight is 314 g/mol. The molecular formula is C13H22N4O5. The van der Waals surface area contributed by atoms with Crippen LogP contribution in [0, 0.1) is 0 Å². The largest absolute Gasteiger partial charge is 0.465 e. The Hall–Kier alpha value is -2.03. The molecule has 9 nitrogen and oxygen atoms in total. The van der Waals surface area contributed by atoms with Crippen molar-refractivity contribution < 1.29 is 24.2 Å². The summed E-state index contributed by atoms with van der Waals surface area (Å²) in [5, 5.41) is 11.9. The normalized spacial score (nSPS) is 28.0. The molecule has 22 heavy (non-hydrogen) atoms. The van der Waals surface area contributed by atoms with E-state index in [9.17, 15) is 19.5 Å². The maximum Gasteiger partial charge on any atom is 0.410 e. The molecule has 0 bridgehead atoms. The summed E-state index contributed by atoms with van der Waals surface area (Å²) in [6, 6.07) is -0.895. The third-order valence-corrected chi connectivity index (χ3v) is 3.86. The number of nitrogens with zero attached hydrogens (tertiary/aromatic N) is 2. The minimum Gasteiger partial charge on any atom is -0.465 e. The zero-order chi connectivity index (χ0) is 16.7. The molecule has 9 heteroatoms. The van der Waals surface area contributed by atoms with Crippen molar-refractivity contribution in [1.82, 2.24) is 15.1 Å². The van der Waals surface area contributed by atoms with Crippen LogP contribution < -0.4 is 11.1 Å². The van der Waals surface area contributed by atoms with Crippen molar-refractivity contribution in [2.45, 2.75) is 44.5 Å². The smallest absolute Gasteiger partial charge is 0.410 e. The number of ether oxygens (including phenoxy) is 1. The second-order valence-corrected chi connectivity index (χ2v) is 6.62. The Kier molecular flexibility index (Phi) is 4.19. The molecule has 0 aromatic rings. The van der Waals surface area contributed by atoms with Gasteiger partial charge in [-0.2, -0.15) is 0 Å². The fourth-order valence-corrected chi connectivity index (χ4v) is 2.51. The van der Waals surface area contributed by atoms with Crippen LogP contribution in [0.15, 0.2) is 0 Å². The summed E-state index contributed by atoms with van der Waals surface area (Å²) in [5.74, 6) is -0.237. The second kappa shape index (κ2) is 5.64. The summed E-state index contributed by atoms with van der Waals surface area (Å²) in [6.45, 7) is 5.97. The molecular weight excluding hydrogens is 292 g/mol. The zero-order valence-corrected chi connectivity index (χ0v) is 12.9. The van der Waals surface area contributed by atoms with E-state index in [1.807, 2.05) is 0 Å². The fourth-order valence-electron chi connectivity index (χ4n) is 2.51. The van der Waals surface area contributed by atoms with Crippen LogP contribution in [0.5, 0.6) is 0 Å². The van der Waals surface area contributed by atoms with Crippen molar-refractivity contribution in [1.29, 1.82) is 0 Å². The predicted molar refractivity (Wildman–Crippen MR) is 76.2 cm³/mol. The van der Waals surface area contributed by atoms with E-state index in [-0.39, 0.29) is 31.6 Å². The first kappa shape index (κ1) is 16.3. The van der Waals surface area contributed by atoms with E-state index in [4.69, 9.17) is 10.5 Å². The number of hydrogen-bond donors (Lipinski definition) is 3. The molecule has 2 aliphatic rings. The van der Waals surface area contributed by atoms with Crippen LogP contribution in [-0.2, 0) is 9.53 Å². The predicted octanol–water partition coefficient (Wildman–Crippen LogP) is -0.589. The molecule has 0 aliphatic carbocycles. The highest BCUT2D eigenvalue weighted by Crippen LogP contribution is 2.20. The molecule has 0 aromatic carbocycles. The maximum absolute atomic E-state index is 11.8. The summed E-state index contributed by atoms with van der Waals surface area (Å²) >= 11 is 0. The lowest BCUT2D eigenvalue weighted by Crippen LogP contribution is -2.69. The van der Waals surface area contributed by atoms with Gasteiger partial charge in [-0.25, -0.2) is 9.59 Å². The lowest BCUT2D eigenvalue weighted by atomic mass is 10.00. The molecule has 2 heterocycles. The summed E-state index contributed by atoms with van der Waals surface area (Å²) in [7, 11) is 0. The van der Waals surface area contributed by atoms with E-state index in [1.165, 1.54) is 9.80 Å². The Balaban J connectivity index is 1.91. The Morgan fingerprint density at radius 3 is 2.59 bits per heavy atom. The third kappa shape index (κ3) is 3.24. The number of amides is 3. The van der Waals surface area contributed by atoms with Gasteiger partial charge in [0.2, 0.25) is 5.91 Å². The number of cyclic esters (lactones) is 1. The molecule has 124 valence electrons. The molecule has 0 aromatic heterocycles. The fraction of sp³-hybridized carbons (Fsp3) is 0.769. The van der Waals surface area contributed by atoms with Gasteiger partial charge in [-0.15, -0.1) is 0 Å². The SMILES string of the molecule is CC(C)(C)N(C[C@H]1CN(C[C@H]2NC(=O)[C@H]2N)C(=O)O1)C(=O)O. The summed E-state index contributed by atoms with van der Waals surface area (Å²) in [5.41, 5.74) is 5.04. The third-order valence-electron chi connectivity index (χ3n) is 3.86. The van der Waals surface area contributed by atoms with Crippen LogP contribution in [0.3, 0.4) is 0 Å². The van der Waals surface area contributed by atoms with Crippen LogP contribution in [0.4, 0.5) is 9.59 Å². The molecule has 0 spiro atoms. The topological polar surface area (TPSA) is 125 Å². The molecule has 0 saturated carbocycles. The minimum atomic E-state index is -1.06. The van der Waals surface area contributed by atoms with Crippen molar-refractivity contribution in [3.63, 3.8) is 0 Å². The van der Waals surface area contributed by atoms with Gasteiger partial charge in [-0.3, -0.25) is 9.69 Å². The Morgan fingerprint density at radius 1 is 1.50 bits per heavy atom. The summed E-state index contributed by atoms with van der Waals surface area (Å²) in [4.78, 5) is 36.9. The molecule has 2 rings (SSSR count). The number of nitrogens with two attached hydrogens (primary N) is 1. The van der Waals surface area contributed by atoms with Crippen molar-refractivity contribution in [2.24, 2.45) is 5.73 Å². The van der Waals surface area contributed by atoms with Gasteiger partial charge in [-0.1, -0.05) is 0 Å². The highest BCUT2D eigenvalue weighted by Gasteiger charge is 2.42. The number of nitrogens with one attached hydrogen (secondary N) is 1. The van der Waals surface area contributed by atoms with Crippen LogP contribution in [0.2, 0.25) is 0 Å². The first-order valence-corrected chi connectivity index (χ1v) is 7.11. The minimum absolute atomic E-state index is 0.101. The van der Waals surface area contributed by atoms with Gasteiger partial charge in [0, 0.05) is 12.1 Å². The summed E-state index contributed by atoms with van der Waals surface area (Å²) in [6.07, 6.45) is -2.11. The summed E-state index contributed by atoms with van der Waals surface area (Å²) < 4.78 is 5.21. The number of rotatable bonds is 4. The first-order chi connectivity index (χ1) is 10.1. The van der Waals surface area contributed by atoms with Gasteiger partial charge in [0.1, 0.15) is 12.1 Å². The standard InChI is InChI=1S/C13H22N4O5/c1-13(2,3)17(11(19)20)5-7-4-16(12(21)22-7)6-8-9(14)10(18)15-8/h7-9H,4-6,14H2,1-3H3,(H,15,18)(H,19,20)/t7-,8-,9+/m1/s1. The van der Waals surface area contributed by atoms with Gasteiger partial charge in [0.15, 0.2) is 0 Å². The lowest BCUT2D eigenvalue weighted by Gasteiger charge is -2.36. The van der Waals surface area contributed by atoms with Crippen LogP contribution in [-0.4, -0.2) is 76.4 Å². The van der Waals surface area contributed by atoms with Crippen molar-refractivity contribution in [3.05, 3.63) is 0 Å². The van der Waals surface area contributed by atoms with E-state index in [2.05, 4.69) is 5.32 Å². The van der Waals surface area contributed by atoms with Crippen LogP contribution in [0.1, 0.15) is 20.8 Å². The zero-order valence-electron chi connectivity index (χ0n) is 12.9. The van der Waals surface area contributed by atoms with E-state index < -0.39 is 29.9 Å². The van der Waals surface area contributed by atoms with Gasteiger partial charge in [-0.05, 0) is 20.8 Å². The van der Waals surface area contributed by atoms with E-state index >= 15 is 0 Å². The number of carbonyl (C=O) groups is 3. The molecule has 0 unspecified atom stereocenters. The van der Waals surface area contributed by atoms with Gasteiger partial charge < -0.3 is 25.8 Å². The molecule has 0 radical (unpaired) electrons. The Bertz CT molecular complexity index is 489. The van der Waals surface area contributed by atoms with Gasteiger partial charge in [0.25, 0.3) is 0 Å². The maximum atomic E-state index is 11.8. The average Bonchev–Trinajstić information content (AvgIpc) is 2.74. The van der Waals surface area contributed by atoms with Crippen molar-refractivity contribution in [2.75, 3.05) is 19.6 Å². The quantitative estimate of drug-likeness (QED) is 0.596. The Labute approximate surface area is 128 Å². The van der Waals surface area contributed by atoms with Crippen molar-refractivity contribution >= 4 is 18.1 Å². The lowest BCUT2D eigenvalue weighted by molar-refractivity contribution is -0.130. The van der Waals surface area contributed by atoms with Crippen molar-refractivity contribution in [3.8, 4) is 0 Å². The molecule has 2 fully saturated rings. The number of carbonyl (C=O) groups excluding carboxylic acids is 2. The monoisotopic (exact) mass is 314 g/mol. The van der Waals surface area contributed by atoms with E-state index in [0.29, 0.717) is 0 Å². The van der Waals surface area contributed by atoms with Gasteiger partial charge >= 0.3 is 12.2 Å². The molecule has 2 aliphatic heterocycles. The van der Waals surface area contributed by atoms with Gasteiger partial charge in [0.05, 0.1) is 19.1 Å². The highest BCUT2D eigenvalue weighted by atomic mass is 16.6. The number of hydrogen-bond acceptors (Lipinski definition) is 5. The molecule has 3 amide bonds. The van der Waals surface area contributed by atoms with Crippen LogP contribution >= 0.6 is 0 Å². The molecule has 3 atom stereocenters. The highest BCUT2D eigenvalue weighted by molar-refractivity contribution is 5.89. The first-order valence-electron chi connectivity index (χ1n) is 7.11. The second-order valence-electron chi connectivity index (χ2n) is 6.62. The molecule has 4 N–H and O–H groups in total. The van der Waals surface area contributed by atoms with Crippen LogP contribution in [0.25, 0.3) is 0 Å². The number of carboxylic acid groups (broad SMARTS) is 1. The molecule has 2 saturated heterocycles. The van der Waals surface area contributed by atoms with E-state index in [0.717, 1.165) is 0 Å².